The Hall–Kier alpha value is -2.30. The van der Waals surface area contributed by atoms with Gasteiger partial charge in [-0.05, 0) is 17.9 Å². The first-order chi connectivity index (χ1) is 10.7. The van der Waals surface area contributed by atoms with E-state index in [-0.39, 0.29) is 0 Å². The zero-order valence-corrected chi connectivity index (χ0v) is 13.5. The molecule has 2 N–H and O–H groups in total. The van der Waals surface area contributed by atoms with E-state index in [2.05, 4.69) is 58.9 Å². The molecule has 2 rings (SSSR count). The van der Waals surface area contributed by atoms with Crippen molar-refractivity contribution in [3.05, 3.63) is 53.4 Å². The molecular weight excluding hydrogens is 276 g/mol. The number of nitrogens with zero attached hydrogens (tertiary/aromatic N) is 2. The zero-order chi connectivity index (χ0) is 15.8. The van der Waals surface area contributed by atoms with Gasteiger partial charge in [0, 0.05) is 19.7 Å². The van der Waals surface area contributed by atoms with Gasteiger partial charge in [0.15, 0.2) is 11.7 Å². The van der Waals surface area contributed by atoms with E-state index >= 15 is 0 Å². The second-order valence-corrected chi connectivity index (χ2v) is 5.46. The van der Waals surface area contributed by atoms with Crippen molar-refractivity contribution in [2.24, 2.45) is 4.99 Å². The van der Waals surface area contributed by atoms with Crippen LogP contribution in [0.1, 0.15) is 36.8 Å². The first-order valence-corrected chi connectivity index (χ1v) is 7.63. The Bertz CT molecular complexity index is 590. The van der Waals surface area contributed by atoms with E-state index in [0.717, 1.165) is 30.4 Å². The van der Waals surface area contributed by atoms with E-state index in [9.17, 15) is 0 Å². The number of aliphatic imine (C=N–C) groups is 1. The van der Waals surface area contributed by atoms with Crippen LogP contribution in [-0.2, 0) is 13.0 Å². The highest BCUT2D eigenvalue weighted by Gasteiger charge is 2.08. The molecule has 0 spiro atoms. The van der Waals surface area contributed by atoms with Gasteiger partial charge in [-0.2, -0.15) is 0 Å². The van der Waals surface area contributed by atoms with Crippen LogP contribution in [0, 0.1) is 0 Å². The molecule has 118 valence electrons. The summed E-state index contributed by atoms with van der Waals surface area (Å²) in [6.07, 6.45) is 0.960. The molecule has 0 saturated heterocycles. The molecule has 0 unspecified atom stereocenters. The van der Waals surface area contributed by atoms with Crippen LogP contribution in [-0.4, -0.2) is 24.7 Å². The molecule has 1 aromatic heterocycles. The minimum Gasteiger partial charge on any atom is -0.359 e. The Labute approximate surface area is 131 Å². The molecule has 0 aliphatic heterocycles. The van der Waals surface area contributed by atoms with Gasteiger partial charge in [0.25, 0.3) is 0 Å². The lowest BCUT2D eigenvalue weighted by Crippen LogP contribution is -2.37. The van der Waals surface area contributed by atoms with Crippen LogP contribution in [0.25, 0.3) is 0 Å². The van der Waals surface area contributed by atoms with E-state index < -0.39 is 0 Å². The summed E-state index contributed by atoms with van der Waals surface area (Å²) in [5.41, 5.74) is 2.28. The predicted octanol–water partition coefficient (Wildman–Crippen LogP) is 2.71. The van der Waals surface area contributed by atoms with Crippen molar-refractivity contribution in [1.82, 2.24) is 15.8 Å². The highest BCUT2D eigenvalue weighted by Crippen LogP contribution is 2.13. The zero-order valence-electron chi connectivity index (χ0n) is 13.5. The van der Waals surface area contributed by atoms with Crippen molar-refractivity contribution in [3.8, 4) is 0 Å². The van der Waals surface area contributed by atoms with E-state index in [1.165, 1.54) is 5.56 Å². The SMILES string of the molecule is CN=C(NCCc1ccccc1)NCc1cc(C(C)C)no1. The second kappa shape index (κ2) is 8.22. The lowest BCUT2D eigenvalue weighted by atomic mass is 10.1. The maximum absolute atomic E-state index is 5.30. The molecular formula is C17H24N4O. The molecule has 0 aliphatic carbocycles. The molecule has 0 atom stereocenters. The van der Waals surface area contributed by atoms with Gasteiger partial charge in [0.05, 0.1) is 12.2 Å². The Morgan fingerprint density at radius 1 is 1.23 bits per heavy atom. The van der Waals surface area contributed by atoms with Gasteiger partial charge < -0.3 is 15.2 Å². The van der Waals surface area contributed by atoms with Gasteiger partial charge in [-0.25, -0.2) is 0 Å². The molecule has 2 aromatic rings. The minimum atomic E-state index is 0.376. The fourth-order valence-electron chi connectivity index (χ4n) is 2.05. The first kappa shape index (κ1) is 16.1. The van der Waals surface area contributed by atoms with Gasteiger partial charge >= 0.3 is 0 Å². The molecule has 1 aromatic carbocycles. The number of aromatic nitrogens is 1. The average molecular weight is 300 g/mol. The summed E-state index contributed by atoms with van der Waals surface area (Å²) in [6, 6.07) is 12.4. The normalized spacial score (nSPS) is 11.7. The van der Waals surface area contributed by atoms with Crippen molar-refractivity contribution < 1.29 is 4.52 Å². The standard InChI is InChI=1S/C17H24N4O/c1-13(2)16-11-15(22-21-16)12-20-17(18-3)19-10-9-14-7-5-4-6-8-14/h4-8,11,13H,9-10,12H2,1-3H3,(H2,18,19,20). The molecule has 0 amide bonds. The first-order valence-electron chi connectivity index (χ1n) is 7.63. The number of nitrogens with one attached hydrogen (secondary N) is 2. The molecule has 5 heteroatoms. The highest BCUT2D eigenvalue weighted by atomic mass is 16.5. The molecule has 5 nitrogen and oxygen atoms in total. The maximum Gasteiger partial charge on any atom is 0.191 e. The van der Waals surface area contributed by atoms with Gasteiger partial charge in [-0.3, -0.25) is 4.99 Å². The van der Waals surface area contributed by atoms with Crippen LogP contribution >= 0.6 is 0 Å². The number of hydrogen-bond donors (Lipinski definition) is 2. The number of hydrogen-bond acceptors (Lipinski definition) is 3. The fraction of sp³-hybridized carbons (Fsp3) is 0.412. The predicted molar refractivity (Wildman–Crippen MR) is 88.9 cm³/mol. The topological polar surface area (TPSA) is 62.5 Å². The molecule has 0 fully saturated rings. The summed E-state index contributed by atoms with van der Waals surface area (Å²) in [6.45, 7) is 5.60. The molecule has 0 aliphatic rings. The summed E-state index contributed by atoms with van der Waals surface area (Å²) in [5.74, 6) is 1.95. The molecule has 22 heavy (non-hydrogen) atoms. The van der Waals surface area contributed by atoms with Crippen molar-refractivity contribution in [3.63, 3.8) is 0 Å². The maximum atomic E-state index is 5.30. The van der Waals surface area contributed by atoms with Crippen LogP contribution in [0.2, 0.25) is 0 Å². The Morgan fingerprint density at radius 2 is 2.00 bits per heavy atom. The van der Waals surface area contributed by atoms with Crippen molar-refractivity contribution in [2.75, 3.05) is 13.6 Å². The largest absolute Gasteiger partial charge is 0.359 e. The van der Waals surface area contributed by atoms with Crippen LogP contribution in [0.4, 0.5) is 0 Å². The number of rotatable bonds is 6. The highest BCUT2D eigenvalue weighted by molar-refractivity contribution is 5.79. The van der Waals surface area contributed by atoms with Gasteiger partial charge in [-0.15, -0.1) is 0 Å². The van der Waals surface area contributed by atoms with Crippen molar-refractivity contribution >= 4 is 5.96 Å². The quantitative estimate of drug-likeness (QED) is 0.636. The fourth-order valence-corrected chi connectivity index (χ4v) is 2.05. The molecule has 0 saturated carbocycles. The summed E-state index contributed by atoms with van der Waals surface area (Å²) < 4.78 is 5.30. The molecule has 0 bridgehead atoms. The van der Waals surface area contributed by atoms with Crippen molar-refractivity contribution in [2.45, 2.75) is 32.7 Å². The molecule has 0 radical (unpaired) electrons. The van der Waals surface area contributed by atoms with Crippen LogP contribution in [0.5, 0.6) is 0 Å². The third-order valence-corrected chi connectivity index (χ3v) is 3.37. The average Bonchev–Trinajstić information content (AvgIpc) is 3.01. The van der Waals surface area contributed by atoms with Crippen LogP contribution in [0.15, 0.2) is 45.9 Å². The summed E-state index contributed by atoms with van der Waals surface area (Å²) >= 11 is 0. The Kier molecular flexibility index (Phi) is 6.01. The van der Waals surface area contributed by atoms with Crippen LogP contribution in [0.3, 0.4) is 0 Å². The summed E-state index contributed by atoms with van der Waals surface area (Å²) in [5, 5.41) is 10.6. The van der Waals surface area contributed by atoms with Gasteiger partial charge in [0.1, 0.15) is 0 Å². The lowest BCUT2D eigenvalue weighted by molar-refractivity contribution is 0.372. The van der Waals surface area contributed by atoms with E-state index in [1.807, 2.05) is 12.1 Å². The Balaban J connectivity index is 1.75. The van der Waals surface area contributed by atoms with E-state index in [4.69, 9.17) is 4.52 Å². The third kappa shape index (κ3) is 4.91. The van der Waals surface area contributed by atoms with Gasteiger partial charge in [-0.1, -0.05) is 49.3 Å². The lowest BCUT2D eigenvalue weighted by Gasteiger charge is -2.10. The summed E-state index contributed by atoms with van der Waals surface area (Å²) in [7, 11) is 1.76. The third-order valence-electron chi connectivity index (χ3n) is 3.37. The van der Waals surface area contributed by atoms with Crippen LogP contribution < -0.4 is 10.6 Å². The smallest absolute Gasteiger partial charge is 0.191 e. The number of guanidine groups is 1. The van der Waals surface area contributed by atoms with Gasteiger partial charge in [0.2, 0.25) is 0 Å². The summed E-state index contributed by atoms with van der Waals surface area (Å²) in [4.78, 5) is 4.21. The number of benzene rings is 1. The monoisotopic (exact) mass is 300 g/mol. The Morgan fingerprint density at radius 3 is 2.64 bits per heavy atom. The van der Waals surface area contributed by atoms with E-state index in [0.29, 0.717) is 12.5 Å². The van der Waals surface area contributed by atoms with Crippen molar-refractivity contribution in [1.29, 1.82) is 0 Å². The minimum absolute atomic E-state index is 0.376. The second-order valence-electron chi connectivity index (χ2n) is 5.46. The van der Waals surface area contributed by atoms with E-state index in [1.54, 1.807) is 7.05 Å². The molecule has 1 heterocycles.